The zero-order chi connectivity index (χ0) is 14.3. The molecule has 0 unspecified atom stereocenters. The molecule has 0 aromatic carbocycles. The lowest BCUT2D eigenvalue weighted by molar-refractivity contribution is -0.0143. The molecule has 1 rings (SSSR count). The first-order chi connectivity index (χ1) is 9.01. The van der Waals surface area contributed by atoms with Gasteiger partial charge in [0.15, 0.2) is 0 Å². The van der Waals surface area contributed by atoms with Crippen LogP contribution in [0.1, 0.15) is 25.7 Å². The molecule has 0 radical (unpaired) electrons. The van der Waals surface area contributed by atoms with Crippen LogP contribution in [0.25, 0.3) is 0 Å². The molecule has 19 heavy (non-hydrogen) atoms. The molecule has 1 aliphatic carbocycles. The van der Waals surface area contributed by atoms with Crippen LogP contribution in [0.3, 0.4) is 0 Å². The molecular formula is C16H27NO2. The summed E-state index contributed by atoms with van der Waals surface area (Å²) in [6.07, 6.45) is 11.5. The molecule has 0 spiro atoms. The summed E-state index contributed by atoms with van der Waals surface area (Å²) in [6.45, 7) is 4.59. The van der Waals surface area contributed by atoms with Gasteiger partial charge in [0.1, 0.15) is 5.76 Å². The highest BCUT2D eigenvalue weighted by Gasteiger charge is 2.36. The minimum absolute atomic E-state index is 0.302. The first-order valence-electron chi connectivity index (χ1n) is 6.95. The van der Waals surface area contributed by atoms with Crippen LogP contribution in [0.5, 0.6) is 0 Å². The molecule has 0 amide bonds. The molecule has 1 N–H and O–H groups in total. The second-order valence-electron chi connectivity index (χ2n) is 5.53. The van der Waals surface area contributed by atoms with Crippen molar-refractivity contribution in [1.82, 2.24) is 4.90 Å². The Labute approximate surface area is 117 Å². The molecular weight excluding hydrogens is 238 g/mol. The minimum Gasteiger partial charge on any atom is -0.497 e. The van der Waals surface area contributed by atoms with Gasteiger partial charge in [0.25, 0.3) is 0 Å². The molecule has 1 fully saturated rings. The van der Waals surface area contributed by atoms with E-state index in [1.165, 1.54) is 6.42 Å². The maximum absolute atomic E-state index is 10.8. The van der Waals surface area contributed by atoms with Crippen LogP contribution in [0.2, 0.25) is 0 Å². The summed E-state index contributed by atoms with van der Waals surface area (Å²) in [5.74, 6) is 1.01. The number of ether oxygens (including phenoxy) is 1. The summed E-state index contributed by atoms with van der Waals surface area (Å²) in [5.41, 5.74) is -0.695. The average Bonchev–Trinajstić information content (AvgIpc) is 2.37. The van der Waals surface area contributed by atoms with Crippen LogP contribution in [0.15, 0.2) is 36.6 Å². The maximum Gasteiger partial charge on any atom is 0.118 e. The Morgan fingerprint density at radius 1 is 1.47 bits per heavy atom. The van der Waals surface area contributed by atoms with Crippen molar-refractivity contribution >= 4 is 0 Å². The van der Waals surface area contributed by atoms with Crippen LogP contribution >= 0.6 is 0 Å². The number of nitrogens with zero attached hydrogens (tertiary/aromatic N) is 1. The van der Waals surface area contributed by atoms with E-state index >= 15 is 0 Å². The Balaban J connectivity index is 2.77. The van der Waals surface area contributed by atoms with E-state index < -0.39 is 5.60 Å². The Hall–Kier alpha value is -1.06. The highest BCUT2D eigenvalue weighted by molar-refractivity contribution is 5.19. The molecule has 0 bridgehead atoms. The number of aliphatic hydroxyl groups is 1. The van der Waals surface area contributed by atoms with Crippen molar-refractivity contribution in [3.63, 3.8) is 0 Å². The first kappa shape index (κ1) is 16.0. The standard InChI is InChI=1S/C16H27NO2/c1-5-15(19-4)10-8-12-16(18)11-7-6-9-14(16)13-17(2)3/h5,8,10,12,14,18H,1,6-7,9,11,13H2,2-4H3/b12-8-,15-10+/t14-,16+/m0/s1. The maximum atomic E-state index is 10.8. The summed E-state index contributed by atoms with van der Waals surface area (Å²) in [7, 11) is 5.73. The third-order valence-electron chi connectivity index (χ3n) is 3.75. The SMILES string of the molecule is C=C/C(=C\C=C/[C@]1(O)CCCC[C@H]1CN(C)C)OC. The van der Waals surface area contributed by atoms with Crippen LogP contribution < -0.4 is 0 Å². The lowest BCUT2D eigenvalue weighted by Crippen LogP contribution is -2.43. The Bertz CT molecular complexity index is 347. The highest BCUT2D eigenvalue weighted by Crippen LogP contribution is 2.35. The molecule has 3 nitrogen and oxygen atoms in total. The molecule has 0 saturated heterocycles. The van der Waals surface area contributed by atoms with Gasteiger partial charge < -0.3 is 14.7 Å². The van der Waals surface area contributed by atoms with Gasteiger partial charge in [0.2, 0.25) is 0 Å². The summed E-state index contributed by atoms with van der Waals surface area (Å²) in [4.78, 5) is 2.15. The zero-order valence-corrected chi connectivity index (χ0v) is 12.4. The van der Waals surface area contributed by atoms with Crippen molar-refractivity contribution in [1.29, 1.82) is 0 Å². The van der Waals surface area contributed by atoms with E-state index in [-0.39, 0.29) is 0 Å². The second kappa shape index (κ2) is 7.51. The van der Waals surface area contributed by atoms with Gasteiger partial charge in [-0.1, -0.05) is 31.6 Å². The summed E-state index contributed by atoms with van der Waals surface area (Å²) >= 11 is 0. The zero-order valence-electron chi connectivity index (χ0n) is 12.4. The fourth-order valence-electron chi connectivity index (χ4n) is 2.69. The largest absolute Gasteiger partial charge is 0.497 e. The lowest BCUT2D eigenvalue weighted by Gasteiger charge is -2.39. The normalized spacial score (nSPS) is 28.9. The lowest BCUT2D eigenvalue weighted by atomic mass is 9.75. The summed E-state index contributed by atoms with van der Waals surface area (Å²) < 4.78 is 5.12. The van der Waals surface area contributed by atoms with Crippen molar-refractivity contribution in [2.24, 2.45) is 5.92 Å². The third kappa shape index (κ3) is 4.84. The predicted octanol–water partition coefficient (Wildman–Crippen LogP) is 2.74. The summed E-state index contributed by atoms with van der Waals surface area (Å²) in [6, 6.07) is 0. The van der Waals surface area contributed by atoms with Crippen molar-refractivity contribution in [3.05, 3.63) is 36.6 Å². The molecule has 0 aromatic heterocycles. The average molecular weight is 265 g/mol. The Morgan fingerprint density at radius 2 is 2.21 bits per heavy atom. The number of hydrogen-bond acceptors (Lipinski definition) is 3. The molecule has 0 aromatic rings. The van der Waals surface area contributed by atoms with Crippen LogP contribution in [0.4, 0.5) is 0 Å². The minimum atomic E-state index is -0.695. The van der Waals surface area contributed by atoms with Crippen molar-refractivity contribution in [3.8, 4) is 0 Å². The van der Waals surface area contributed by atoms with E-state index in [0.29, 0.717) is 11.7 Å². The van der Waals surface area contributed by atoms with E-state index in [4.69, 9.17) is 4.74 Å². The van der Waals surface area contributed by atoms with E-state index in [2.05, 4.69) is 25.6 Å². The molecule has 3 heteroatoms. The van der Waals surface area contributed by atoms with Crippen molar-refractivity contribution < 1.29 is 9.84 Å². The van der Waals surface area contributed by atoms with Crippen molar-refractivity contribution in [2.75, 3.05) is 27.7 Å². The van der Waals surface area contributed by atoms with Gasteiger partial charge in [0, 0.05) is 12.5 Å². The monoisotopic (exact) mass is 265 g/mol. The third-order valence-corrected chi connectivity index (χ3v) is 3.75. The molecule has 1 aliphatic rings. The van der Waals surface area contributed by atoms with Crippen LogP contribution in [0, 0.1) is 5.92 Å². The first-order valence-corrected chi connectivity index (χ1v) is 6.95. The molecule has 0 aliphatic heterocycles. The number of rotatable bonds is 6. The second-order valence-corrected chi connectivity index (χ2v) is 5.53. The highest BCUT2D eigenvalue weighted by atomic mass is 16.5. The topological polar surface area (TPSA) is 32.7 Å². The predicted molar refractivity (Wildman–Crippen MR) is 79.9 cm³/mol. The molecule has 2 atom stereocenters. The fourth-order valence-corrected chi connectivity index (χ4v) is 2.69. The van der Waals surface area contributed by atoms with Gasteiger partial charge in [0.05, 0.1) is 12.7 Å². The number of methoxy groups -OCH3 is 1. The Morgan fingerprint density at radius 3 is 2.79 bits per heavy atom. The van der Waals surface area contributed by atoms with Crippen molar-refractivity contribution in [2.45, 2.75) is 31.3 Å². The Kier molecular flexibility index (Phi) is 6.32. The van der Waals surface area contributed by atoms with Gasteiger partial charge >= 0.3 is 0 Å². The van der Waals surface area contributed by atoms with E-state index in [1.807, 2.05) is 18.2 Å². The van der Waals surface area contributed by atoms with Gasteiger partial charge in [-0.3, -0.25) is 0 Å². The van der Waals surface area contributed by atoms with Crippen LogP contribution in [-0.4, -0.2) is 43.4 Å². The molecule has 1 saturated carbocycles. The van der Waals surface area contributed by atoms with Gasteiger partial charge in [-0.25, -0.2) is 0 Å². The fraction of sp³-hybridized carbons (Fsp3) is 0.625. The molecule has 0 heterocycles. The van der Waals surface area contributed by atoms with Gasteiger partial charge in [-0.05, 0) is 39.1 Å². The number of hydrogen-bond donors (Lipinski definition) is 1. The smallest absolute Gasteiger partial charge is 0.118 e. The molecule has 108 valence electrons. The quantitative estimate of drug-likeness (QED) is 0.592. The van der Waals surface area contributed by atoms with Gasteiger partial charge in [-0.2, -0.15) is 0 Å². The van der Waals surface area contributed by atoms with E-state index in [9.17, 15) is 5.11 Å². The van der Waals surface area contributed by atoms with Gasteiger partial charge in [-0.15, -0.1) is 0 Å². The summed E-state index contributed by atoms with van der Waals surface area (Å²) in [5, 5.41) is 10.8. The number of allylic oxidation sites excluding steroid dienone is 3. The van der Waals surface area contributed by atoms with E-state index in [0.717, 1.165) is 25.8 Å². The van der Waals surface area contributed by atoms with E-state index in [1.54, 1.807) is 13.2 Å². The van der Waals surface area contributed by atoms with Crippen LogP contribution in [-0.2, 0) is 4.74 Å².